The summed E-state index contributed by atoms with van der Waals surface area (Å²) in [5.41, 5.74) is 6.11. The minimum atomic E-state index is -0.314. The average molecular weight is 281 g/mol. The molecule has 1 aromatic rings. The zero-order valence-corrected chi connectivity index (χ0v) is 12.5. The van der Waals surface area contributed by atoms with Crippen LogP contribution in [0.25, 0.3) is 0 Å². The van der Waals surface area contributed by atoms with E-state index >= 15 is 0 Å². The predicted octanol–water partition coefficient (Wildman–Crippen LogP) is 0.520. The Labute approximate surface area is 118 Å². The van der Waals surface area contributed by atoms with E-state index in [0.717, 1.165) is 0 Å². The smallest absolute Gasteiger partial charge is 0.271 e. The van der Waals surface area contributed by atoms with Gasteiger partial charge >= 0.3 is 0 Å². The number of carbonyl (C=O) groups excluding carboxylic acids is 2. The Hall–Kier alpha value is -2.05. The van der Waals surface area contributed by atoms with Crippen LogP contribution in [-0.2, 0) is 11.3 Å². The van der Waals surface area contributed by atoms with E-state index in [4.69, 9.17) is 5.73 Å². The van der Waals surface area contributed by atoms with E-state index in [0.29, 0.717) is 17.9 Å². The minimum absolute atomic E-state index is 0.102. The Balaban J connectivity index is 2.48. The minimum Gasteiger partial charge on any atom is -0.396 e. The zero-order chi connectivity index (χ0) is 15.3. The largest absolute Gasteiger partial charge is 0.396 e. The number of hydrogen-bond acceptors (Lipinski definition) is 4. The number of aromatic nitrogens is 2. The van der Waals surface area contributed by atoms with E-state index in [1.807, 2.05) is 27.7 Å². The number of amides is 2. The molecule has 1 rings (SSSR count). The highest BCUT2D eigenvalue weighted by atomic mass is 16.2. The normalized spacial score (nSPS) is 11.2. The fourth-order valence-electron chi connectivity index (χ4n) is 1.74. The van der Waals surface area contributed by atoms with E-state index in [1.165, 1.54) is 10.9 Å². The Morgan fingerprint density at radius 3 is 2.60 bits per heavy atom. The van der Waals surface area contributed by atoms with Crippen molar-refractivity contribution in [3.8, 4) is 0 Å². The summed E-state index contributed by atoms with van der Waals surface area (Å²) in [6.07, 6.45) is 1.67. The van der Waals surface area contributed by atoms with Crippen LogP contribution in [0.1, 0.15) is 44.6 Å². The molecular formula is C13H23N5O2. The van der Waals surface area contributed by atoms with Crippen molar-refractivity contribution in [1.29, 1.82) is 0 Å². The summed E-state index contributed by atoms with van der Waals surface area (Å²) in [5.74, 6) is -0.417. The molecule has 0 atom stereocenters. The van der Waals surface area contributed by atoms with E-state index in [-0.39, 0.29) is 30.3 Å². The van der Waals surface area contributed by atoms with Crippen molar-refractivity contribution in [2.24, 2.45) is 0 Å². The molecule has 7 nitrogen and oxygen atoms in total. The molecule has 0 saturated carbocycles. The molecule has 112 valence electrons. The molecule has 0 spiro atoms. The number of carbonyl (C=O) groups is 2. The molecule has 7 heteroatoms. The lowest BCUT2D eigenvalue weighted by Crippen LogP contribution is -2.42. The van der Waals surface area contributed by atoms with Gasteiger partial charge in [-0.3, -0.25) is 14.3 Å². The van der Waals surface area contributed by atoms with Crippen LogP contribution in [0.15, 0.2) is 6.20 Å². The Kier molecular flexibility index (Phi) is 5.12. The SMILES string of the molecule is CCn1ncc(N)c1C(=O)NCCC(=O)NC(C)(C)C. The maximum atomic E-state index is 12.0. The lowest BCUT2D eigenvalue weighted by molar-refractivity contribution is -0.122. The molecule has 0 saturated heterocycles. The molecule has 0 radical (unpaired) electrons. The summed E-state index contributed by atoms with van der Waals surface area (Å²) >= 11 is 0. The monoisotopic (exact) mass is 281 g/mol. The molecule has 2 amide bonds. The van der Waals surface area contributed by atoms with Gasteiger partial charge in [-0.25, -0.2) is 0 Å². The van der Waals surface area contributed by atoms with Crippen LogP contribution in [0.4, 0.5) is 5.69 Å². The second kappa shape index (κ2) is 6.40. The van der Waals surface area contributed by atoms with Crippen molar-refractivity contribution in [3.63, 3.8) is 0 Å². The average Bonchev–Trinajstić information content (AvgIpc) is 2.67. The fourth-order valence-corrected chi connectivity index (χ4v) is 1.74. The number of rotatable bonds is 5. The van der Waals surface area contributed by atoms with Gasteiger partial charge in [0.05, 0.1) is 11.9 Å². The fraction of sp³-hybridized carbons (Fsp3) is 0.615. The summed E-state index contributed by atoms with van der Waals surface area (Å²) < 4.78 is 1.53. The van der Waals surface area contributed by atoms with Crippen molar-refractivity contribution < 1.29 is 9.59 Å². The van der Waals surface area contributed by atoms with Crippen LogP contribution in [0.2, 0.25) is 0 Å². The van der Waals surface area contributed by atoms with Gasteiger partial charge in [-0.2, -0.15) is 5.10 Å². The van der Waals surface area contributed by atoms with E-state index in [2.05, 4.69) is 15.7 Å². The maximum Gasteiger partial charge on any atom is 0.271 e. The molecule has 0 bridgehead atoms. The zero-order valence-electron chi connectivity index (χ0n) is 12.5. The van der Waals surface area contributed by atoms with Crippen LogP contribution in [0.5, 0.6) is 0 Å². The third-order valence-corrected chi connectivity index (χ3v) is 2.53. The first-order valence-electron chi connectivity index (χ1n) is 6.65. The van der Waals surface area contributed by atoms with E-state index in [9.17, 15) is 9.59 Å². The van der Waals surface area contributed by atoms with Crippen LogP contribution >= 0.6 is 0 Å². The van der Waals surface area contributed by atoms with Gasteiger partial charge in [0, 0.05) is 25.0 Å². The van der Waals surface area contributed by atoms with Gasteiger partial charge < -0.3 is 16.4 Å². The third kappa shape index (κ3) is 4.56. The molecular weight excluding hydrogens is 258 g/mol. The van der Waals surface area contributed by atoms with Crippen molar-refractivity contribution in [2.75, 3.05) is 12.3 Å². The maximum absolute atomic E-state index is 12.0. The lowest BCUT2D eigenvalue weighted by Gasteiger charge is -2.20. The first-order chi connectivity index (χ1) is 9.24. The molecule has 1 heterocycles. The number of anilines is 1. The van der Waals surface area contributed by atoms with Crippen LogP contribution in [0.3, 0.4) is 0 Å². The van der Waals surface area contributed by atoms with Crippen molar-refractivity contribution in [3.05, 3.63) is 11.9 Å². The number of hydrogen-bond donors (Lipinski definition) is 3. The summed E-state index contributed by atoms with van der Waals surface area (Å²) in [6.45, 7) is 8.41. The van der Waals surface area contributed by atoms with Gasteiger partial charge in [-0.15, -0.1) is 0 Å². The van der Waals surface area contributed by atoms with Gasteiger partial charge in [0.1, 0.15) is 5.69 Å². The lowest BCUT2D eigenvalue weighted by atomic mass is 10.1. The van der Waals surface area contributed by atoms with Crippen LogP contribution in [0, 0.1) is 0 Å². The second-order valence-corrected chi connectivity index (χ2v) is 5.57. The van der Waals surface area contributed by atoms with Gasteiger partial charge in [0.25, 0.3) is 5.91 Å². The molecule has 20 heavy (non-hydrogen) atoms. The van der Waals surface area contributed by atoms with E-state index < -0.39 is 0 Å². The topological polar surface area (TPSA) is 102 Å². The molecule has 0 unspecified atom stereocenters. The highest BCUT2D eigenvalue weighted by molar-refractivity contribution is 5.97. The Morgan fingerprint density at radius 1 is 1.40 bits per heavy atom. The molecule has 0 aliphatic heterocycles. The van der Waals surface area contributed by atoms with Crippen LogP contribution in [-0.4, -0.2) is 33.7 Å². The van der Waals surface area contributed by atoms with Gasteiger partial charge in [0.15, 0.2) is 0 Å². The highest BCUT2D eigenvalue weighted by Gasteiger charge is 2.17. The molecule has 0 fully saturated rings. The molecule has 0 aromatic carbocycles. The highest BCUT2D eigenvalue weighted by Crippen LogP contribution is 2.10. The first kappa shape index (κ1) is 16.0. The molecule has 0 aliphatic rings. The van der Waals surface area contributed by atoms with Crippen molar-refractivity contribution >= 4 is 17.5 Å². The molecule has 0 aliphatic carbocycles. The van der Waals surface area contributed by atoms with Gasteiger partial charge in [0.2, 0.25) is 5.91 Å². The van der Waals surface area contributed by atoms with Gasteiger partial charge in [-0.05, 0) is 27.7 Å². The summed E-state index contributed by atoms with van der Waals surface area (Å²) in [5, 5.41) is 9.50. The summed E-state index contributed by atoms with van der Waals surface area (Å²) in [6, 6.07) is 0. The third-order valence-electron chi connectivity index (χ3n) is 2.53. The van der Waals surface area contributed by atoms with Crippen molar-refractivity contribution in [1.82, 2.24) is 20.4 Å². The quantitative estimate of drug-likeness (QED) is 0.732. The van der Waals surface area contributed by atoms with Crippen molar-refractivity contribution in [2.45, 2.75) is 46.2 Å². The second-order valence-electron chi connectivity index (χ2n) is 5.57. The molecule has 1 aromatic heterocycles. The van der Waals surface area contributed by atoms with Gasteiger partial charge in [-0.1, -0.05) is 0 Å². The number of nitrogens with zero attached hydrogens (tertiary/aromatic N) is 2. The Bertz CT molecular complexity index is 487. The number of nitrogens with two attached hydrogens (primary N) is 1. The number of nitrogen functional groups attached to an aromatic ring is 1. The number of aryl methyl sites for hydroxylation is 1. The standard InChI is InChI=1S/C13H23N5O2/c1-5-18-11(9(14)8-16-18)12(20)15-7-6-10(19)17-13(2,3)4/h8H,5-7,14H2,1-4H3,(H,15,20)(H,17,19). The number of nitrogens with one attached hydrogen (secondary N) is 2. The van der Waals surface area contributed by atoms with Crippen LogP contribution < -0.4 is 16.4 Å². The first-order valence-corrected chi connectivity index (χ1v) is 6.65. The summed E-state index contributed by atoms with van der Waals surface area (Å²) in [7, 11) is 0. The summed E-state index contributed by atoms with van der Waals surface area (Å²) in [4.78, 5) is 23.6. The predicted molar refractivity (Wildman–Crippen MR) is 77.2 cm³/mol. The Morgan fingerprint density at radius 2 is 2.05 bits per heavy atom. The molecule has 4 N–H and O–H groups in total. The van der Waals surface area contributed by atoms with E-state index in [1.54, 1.807) is 0 Å².